The van der Waals surface area contributed by atoms with Crippen molar-refractivity contribution in [3.63, 3.8) is 0 Å². The lowest BCUT2D eigenvalue weighted by Gasteiger charge is -2.15. The Morgan fingerprint density at radius 1 is 1.40 bits per heavy atom. The molecule has 0 atom stereocenters. The molecule has 0 saturated carbocycles. The van der Waals surface area contributed by atoms with Gasteiger partial charge in [-0.15, -0.1) is 0 Å². The Hall–Kier alpha value is -1.96. The summed E-state index contributed by atoms with van der Waals surface area (Å²) in [6, 6.07) is 0. The molecule has 2 heterocycles. The lowest BCUT2D eigenvalue weighted by atomic mass is 10.4. The second kappa shape index (κ2) is 6.99. The fraction of sp³-hybridized carbons (Fsp3) is 0.667. The van der Waals surface area contributed by atoms with Gasteiger partial charge in [-0.05, 0) is 32.9 Å². The van der Waals surface area contributed by atoms with Crippen molar-refractivity contribution in [2.75, 3.05) is 43.4 Å². The van der Waals surface area contributed by atoms with Gasteiger partial charge in [-0.1, -0.05) is 0 Å². The summed E-state index contributed by atoms with van der Waals surface area (Å²) in [5.41, 5.74) is -0.0897. The van der Waals surface area contributed by atoms with Crippen molar-refractivity contribution >= 4 is 17.5 Å². The van der Waals surface area contributed by atoms with Crippen LogP contribution >= 0.6 is 0 Å². The molecule has 0 aromatic carbocycles. The molecule has 8 nitrogen and oxygen atoms in total. The summed E-state index contributed by atoms with van der Waals surface area (Å²) in [4.78, 5) is 20.9. The van der Waals surface area contributed by atoms with E-state index in [1.807, 2.05) is 6.92 Å². The SMILES string of the molecule is CCNc1ncc([N+](=O)[O-])c(NCCN2CCCC2)n1. The van der Waals surface area contributed by atoms with E-state index < -0.39 is 4.92 Å². The Morgan fingerprint density at radius 2 is 2.15 bits per heavy atom. The largest absolute Gasteiger partial charge is 0.363 e. The molecule has 2 rings (SSSR count). The summed E-state index contributed by atoms with van der Waals surface area (Å²) >= 11 is 0. The third-order valence-electron chi connectivity index (χ3n) is 3.22. The van der Waals surface area contributed by atoms with Crippen LogP contribution in [0, 0.1) is 10.1 Å². The van der Waals surface area contributed by atoms with E-state index in [1.165, 1.54) is 19.0 Å². The van der Waals surface area contributed by atoms with Crippen LogP contribution in [0.2, 0.25) is 0 Å². The highest BCUT2D eigenvalue weighted by Gasteiger charge is 2.17. The highest BCUT2D eigenvalue weighted by molar-refractivity contribution is 5.56. The highest BCUT2D eigenvalue weighted by atomic mass is 16.6. The van der Waals surface area contributed by atoms with Gasteiger partial charge in [0.1, 0.15) is 6.20 Å². The first-order valence-corrected chi connectivity index (χ1v) is 6.92. The maximum atomic E-state index is 11.0. The molecule has 8 heteroatoms. The van der Waals surface area contributed by atoms with E-state index in [1.54, 1.807) is 0 Å². The Kier molecular flexibility index (Phi) is 5.05. The Bertz CT molecular complexity index is 461. The van der Waals surface area contributed by atoms with Gasteiger partial charge in [0.25, 0.3) is 0 Å². The van der Waals surface area contributed by atoms with Crippen molar-refractivity contribution in [2.24, 2.45) is 0 Å². The van der Waals surface area contributed by atoms with Crippen LogP contribution in [0.3, 0.4) is 0 Å². The zero-order chi connectivity index (χ0) is 14.4. The first-order chi connectivity index (χ1) is 9.70. The van der Waals surface area contributed by atoms with Crippen molar-refractivity contribution in [3.8, 4) is 0 Å². The Labute approximate surface area is 117 Å². The van der Waals surface area contributed by atoms with Crippen LogP contribution in [0.1, 0.15) is 19.8 Å². The number of likely N-dealkylation sites (tertiary alicyclic amines) is 1. The molecule has 0 aliphatic carbocycles. The number of nitrogens with one attached hydrogen (secondary N) is 2. The van der Waals surface area contributed by atoms with E-state index in [0.717, 1.165) is 19.6 Å². The average molecular weight is 280 g/mol. The number of hydrogen-bond donors (Lipinski definition) is 2. The molecule has 2 N–H and O–H groups in total. The second-order valence-electron chi connectivity index (χ2n) is 4.69. The normalized spacial score (nSPS) is 15.2. The molecule has 1 aliphatic rings. The monoisotopic (exact) mass is 280 g/mol. The molecule has 1 aromatic heterocycles. The lowest BCUT2D eigenvalue weighted by Crippen LogP contribution is -2.26. The number of rotatable bonds is 7. The first kappa shape index (κ1) is 14.4. The molecule has 110 valence electrons. The number of anilines is 2. The summed E-state index contributed by atoms with van der Waals surface area (Å²) in [5, 5.41) is 17.0. The van der Waals surface area contributed by atoms with E-state index in [9.17, 15) is 10.1 Å². The summed E-state index contributed by atoms with van der Waals surface area (Å²) in [6.45, 7) is 6.32. The standard InChI is InChI=1S/C12H20N6O2/c1-2-13-12-15-9-10(18(19)20)11(16-12)14-5-8-17-6-3-4-7-17/h9H,2-8H2,1H3,(H2,13,14,15,16). The summed E-state index contributed by atoms with van der Waals surface area (Å²) in [6.07, 6.45) is 3.71. The number of aromatic nitrogens is 2. The maximum absolute atomic E-state index is 11.0. The molecule has 0 radical (unpaired) electrons. The van der Waals surface area contributed by atoms with Gasteiger partial charge in [-0.2, -0.15) is 4.98 Å². The minimum Gasteiger partial charge on any atom is -0.363 e. The molecule has 1 aromatic rings. The van der Waals surface area contributed by atoms with Crippen LogP contribution in [-0.4, -0.2) is 52.5 Å². The van der Waals surface area contributed by atoms with Crippen molar-refractivity contribution in [2.45, 2.75) is 19.8 Å². The van der Waals surface area contributed by atoms with Crippen LogP contribution in [0.25, 0.3) is 0 Å². The van der Waals surface area contributed by atoms with Gasteiger partial charge in [-0.3, -0.25) is 10.1 Å². The molecule has 1 fully saturated rings. The topological polar surface area (TPSA) is 96.2 Å². The Balaban J connectivity index is 1.98. The van der Waals surface area contributed by atoms with Gasteiger partial charge in [0.15, 0.2) is 0 Å². The van der Waals surface area contributed by atoms with E-state index in [0.29, 0.717) is 19.0 Å². The van der Waals surface area contributed by atoms with Crippen molar-refractivity contribution in [1.82, 2.24) is 14.9 Å². The maximum Gasteiger partial charge on any atom is 0.329 e. The van der Waals surface area contributed by atoms with Crippen LogP contribution < -0.4 is 10.6 Å². The number of hydrogen-bond acceptors (Lipinski definition) is 7. The smallest absolute Gasteiger partial charge is 0.329 e. The third kappa shape index (κ3) is 3.77. The van der Waals surface area contributed by atoms with Gasteiger partial charge in [0.2, 0.25) is 11.8 Å². The van der Waals surface area contributed by atoms with E-state index in [4.69, 9.17) is 0 Å². The zero-order valence-corrected chi connectivity index (χ0v) is 11.6. The first-order valence-electron chi connectivity index (χ1n) is 6.92. The van der Waals surface area contributed by atoms with Gasteiger partial charge in [0.05, 0.1) is 4.92 Å². The van der Waals surface area contributed by atoms with Crippen LogP contribution in [0.5, 0.6) is 0 Å². The van der Waals surface area contributed by atoms with Crippen LogP contribution in [-0.2, 0) is 0 Å². The van der Waals surface area contributed by atoms with E-state index in [-0.39, 0.29) is 11.5 Å². The summed E-state index contributed by atoms with van der Waals surface area (Å²) < 4.78 is 0. The quantitative estimate of drug-likeness (QED) is 0.574. The van der Waals surface area contributed by atoms with Crippen LogP contribution in [0.4, 0.5) is 17.5 Å². The predicted molar refractivity (Wildman–Crippen MR) is 77.0 cm³/mol. The van der Waals surface area contributed by atoms with Crippen molar-refractivity contribution in [1.29, 1.82) is 0 Å². The average Bonchev–Trinajstić information content (AvgIpc) is 2.92. The fourth-order valence-electron chi connectivity index (χ4n) is 2.22. The molecule has 0 amide bonds. The molecule has 0 spiro atoms. The fourth-order valence-corrected chi connectivity index (χ4v) is 2.22. The minimum atomic E-state index is -0.464. The molecule has 1 aliphatic heterocycles. The molecule has 0 bridgehead atoms. The number of nitro groups is 1. The van der Waals surface area contributed by atoms with E-state index >= 15 is 0 Å². The molecular formula is C12H20N6O2. The predicted octanol–water partition coefficient (Wildman–Crippen LogP) is 1.32. The van der Waals surface area contributed by atoms with Crippen molar-refractivity contribution < 1.29 is 4.92 Å². The summed E-state index contributed by atoms with van der Waals surface area (Å²) in [7, 11) is 0. The molecule has 20 heavy (non-hydrogen) atoms. The van der Waals surface area contributed by atoms with Gasteiger partial charge in [-0.25, -0.2) is 4.98 Å². The third-order valence-corrected chi connectivity index (χ3v) is 3.22. The van der Waals surface area contributed by atoms with Crippen LogP contribution in [0.15, 0.2) is 6.20 Å². The van der Waals surface area contributed by atoms with Gasteiger partial charge >= 0.3 is 5.69 Å². The lowest BCUT2D eigenvalue weighted by molar-refractivity contribution is -0.384. The molecular weight excluding hydrogens is 260 g/mol. The Morgan fingerprint density at radius 3 is 2.80 bits per heavy atom. The minimum absolute atomic E-state index is 0.0897. The molecule has 1 saturated heterocycles. The van der Waals surface area contributed by atoms with Gasteiger partial charge in [0, 0.05) is 19.6 Å². The highest BCUT2D eigenvalue weighted by Crippen LogP contribution is 2.21. The van der Waals surface area contributed by atoms with Crippen molar-refractivity contribution in [3.05, 3.63) is 16.3 Å². The van der Waals surface area contributed by atoms with E-state index in [2.05, 4.69) is 25.5 Å². The number of nitrogens with zero attached hydrogens (tertiary/aromatic N) is 4. The summed E-state index contributed by atoms with van der Waals surface area (Å²) in [5.74, 6) is 0.682. The van der Waals surface area contributed by atoms with Gasteiger partial charge < -0.3 is 15.5 Å². The molecule has 0 unspecified atom stereocenters. The second-order valence-corrected chi connectivity index (χ2v) is 4.69. The zero-order valence-electron chi connectivity index (χ0n) is 11.6.